The van der Waals surface area contributed by atoms with Gasteiger partial charge in [0.25, 0.3) is 5.91 Å². The van der Waals surface area contributed by atoms with Crippen molar-refractivity contribution in [2.75, 3.05) is 14.2 Å². The number of benzene rings is 3. The Hall–Kier alpha value is -3.16. The molecule has 0 aromatic heterocycles. The number of nitrogens with one attached hydrogen (secondary N) is 1. The Balaban J connectivity index is 2.03. The van der Waals surface area contributed by atoms with Gasteiger partial charge in [-0.15, -0.1) is 0 Å². The highest BCUT2D eigenvalue weighted by atomic mass is 32.2. The first-order chi connectivity index (χ1) is 14.5. The molecule has 0 unspecified atom stereocenters. The topological polar surface area (TPSA) is 75.7 Å². The molecule has 0 saturated heterocycles. The molecule has 0 spiro atoms. The number of carbonyl (C=O) groups excluding carboxylic acids is 1. The first kappa shape index (κ1) is 21.5. The highest BCUT2D eigenvalue weighted by Crippen LogP contribution is 2.26. The first-order valence-corrected chi connectivity index (χ1v) is 10.9. The van der Waals surface area contributed by atoms with Crippen LogP contribution in [-0.2, 0) is 23.1 Å². The summed E-state index contributed by atoms with van der Waals surface area (Å²) in [4.78, 5) is 12.3. The molecule has 156 valence electrons. The van der Waals surface area contributed by atoms with E-state index in [0.717, 1.165) is 11.1 Å². The van der Waals surface area contributed by atoms with Gasteiger partial charge in [0, 0.05) is 20.1 Å². The van der Waals surface area contributed by atoms with E-state index in [0.29, 0.717) is 5.75 Å². The summed E-state index contributed by atoms with van der Waals surface area (Å²) < 4.78 is 33.7. The zero-order valence-electron chi connectivity index (χ0n) is 16.9. The molecule has 3 rings (SSSR count). The smallest absolute Gasteiger partial charge is 0.254 e. The molecule has 0 heterocycles. The van der Waals surface area contributed by atoms with E-state index in [1.807, 2.05) is 60.7 Å². The number of hydrogen-bond donors (Lipinski definition) is 1. The van der Waals surface area contributed by atoms with Gasteiger partial charge in [-0.2, -0.15) is 4.31 Å². The zero-order chi connectivity index (χ0) is 21.6. The summed E-state index contributed by atoms with van der Waals surface area (Å²) in [7, 11) is -0.965. The van der Waals surface area contributed by atoms with Crippen LogP contribution in [0.2, 0.25) is 0 Å². The van der Waals surface area contributed by atoms with E-state index in [4.69, 9.17) is 4.74 Å². The minimum Gasteiger partial charge on any atom is -0.496 e. The summed E-state index contributed by atoms with van der Waals surface area (Å²) in [5.74, 6) is -0.104. The van der Waals surface area contributed by atoms with Crippen LogP contribution in [0.25, 0.3) is 0 Å². The SMILES string of the molecule is CNC(=O)c1cc(S(=O)(=O)N(Cc2ccccc2)Cc2ccccc2)ccc1OC. The molecule has 3 aromatic carbocycles. The maximum absolute atomic E-state index is 13.6. The van der Waals surface area contributed by atoms with Crippen LogP contribution in [0.4, 0.5) is 0 Å². The van der Waals surface area contributed by atoms with Gasteiger partial charge in [0.1, 0.15) is 5.75 Å². The van der Waals surface area contributed by atoms with Crippen LogP contribution in [0, 0.1) is 0 Å². The van der Waals surface area contributed by atoms with Gasteiger partial charge in [0.15, 0.2) is 0 Å². The largest absolute Gasteiger partial charge is 0.496 e. The zero-order valence-corrected chi connectivity index (χ0v) is 17.7. The van der Waals surface area contributed by atoms with Crippen molar-refractivity contribution in [1.82, 2.24) is 9.62 Å². The predicted molar refractivity (Wildman–Crippen MR) is 116 cm³/mol. The average Bonchev–Trinajstić information content (AvgIpc) is 2.79. The Morgan fingerprint density at radius 2 is 1.43 bits per heavy atom. The standard InChI is InChI=1S/C23H24N2O4S/c1-24-23(26)21-15-20(13-14-22(21)29-2)30(27,28)25(16-18-9-5-3-6-10-18)17-19-11-7-4-8-12-19/h3-15H,16-17H2,1-2H3,(H,24,26). The lowest BCUT2D eigenvalue weighted by atomic mass is 10.2. The van der Waals surface area contributed by atoms with Gasteiger partial charge in [0.05, 0.1) is 17.6 Å². The molecule has 0 aliphatic heterocycles. The highest BCUT2D eigenvalue weighted by molar-refractivity contribution is 7.89. The van der Waals surface area contributed by atoms with Gasteiger partial charge < -0.3 is 10.1 Å². The summed E-state index contributed by atoms with van der Waals surface area (Å²) in [6.07, 6.45) is 0. The molecule has 0 saturated carbocycles. The second-order valence-corrected chi connectivity index (χ2v) is 8.62. The van der Waals surface area contributed by atoms with Gasteiger partial charge >= 0.3 is 0 Å². The van der Waals surface area contributed by atoms with Gasteiger partial charge in [-0.25, -0.2) is 8.42 Å². The molecular weight excluding hydrogens is 400 g/mol. The average molecular weight is 425 g/mol. The maximum atomic E-state index is 13.6. The van der Waals surface area contributed by atoms with Crippen molar-refractivity contribution in [3.8, 4) is 5.75 Å². The van der Waals surface area contributed by atoms with Crippen LogP contribution in [-0.4, -0.2) is 32.8 Å². The van der Waals surface area contributed by atoms with Crippen LogP contribution in [0.5, 0.6) is 5.75 Å². The molecule has 7 heteroatoms. The van der Waals surface area contributed by atoms with Gasteiger partial charge in [-0.05, 0) is 29.3 Å². The lowest BCUT2D eigenvalue weighted by molar-refractivity contribution is 0.0960. The van der Waals surface area contributed by atoms with Crippen molar-refractivity contribution in [1.29, 1.82) is 0 Å². The van der Waals surface area contributed by atoms with Crippen molar-refractivity contribution < 1.29 is 17.9 Å². The van der Waals surface area contributed by atoms with Crippen LogP contribution >= 0.6 is 0 Å². The van der Waals surface area contributed by atoms with E-state index in [-0.39, 0.29) is 23.5 Å². The van der Waals surface area contributed by atoms with Crippen molar-refractivity contribution in [3.63, 3.8) is 0 Å². The van der Waals surface area contributed by atoms with Crippen LogP contribution in [0.3, 0.4) is 0 Å². The summed E-state index contributed by atoms with van der Waals surface area (Å²) in [5.41, 5.74) is 1.91. The van der Waals surface area contributed by atoms with Gasteiger partial charge in [0.2, 0.25) is 10.0 Å². The number of ether oxygens (including phenoxy) is 1. The van der Waals surface area contributed by atoms with Crippen LogP contribution in [0.15, 0.2) is 83.8 Å². The molecule has 30 heavy (non-hydrogen) atoms. The van der Waals surface area contributed by atoms with Crippen molar-refractivity contribution in [3.05, 3.63) is 95.6 Å². The monoisotopic (exact) mass is 424 g/mol. The lowest BCUT2D eigenvalue weighted by Gasteiger charge is -2.23. The molecule has 1 N–H and O–H groups in total. The molecule has 0 fully saturated rings. The van der Waals surface area contributed by atoms with E-state index >= 15 is 0 Å². The van der Waals surface area contributed by atoms with E-state index < -0.39 is 15.9 Å². The molecule has 6 nitrogen and oxygen atoms in total. The predicted octanol–water partition coefficient (Wildman–Crippen LogP) is 3.45. The number of amides is 1. The third kappa shape index (κ3) is 4.87. The quantitative estimate of drug-likeness (QED) is 0.601. The Labute approximate surface area is 177 Å². The maximum Gasteiger partial charge on any atom is 0.254 e. The molecule has 1 amide bonds. The minimum atomic E-state index is -3.89. The summed E-state index contributed by atoms with van der Waals surface area (Å²) in [6.45, 7) is 0.415. The second-order valence-electron chi connectivity index (χ2n) is 6.69. The number of methoxy groups -OCH3 is 1. The molecule has 0 atom stereocenters. The van der Waals surface area contributed by atoms with E-state index in [1.165, 1.54) is 36.7 Å². The van der Waals surface area contributed by atoms with Gasteiger partial charge in [-0.1, -0.05) is 60.7 Å². The molecule has 0 aliphatic carbocycles. The Kier molecular flexibility index (Phi) is 6.87. The molecule has 0 bridgehead atoms. The number of nitrogens with zero attached hydrogens (tertiary/aromatic N) is 1. The van der Waals surface area contributed by atoms with Crippen molar-refractivity contribution in [2.24, 2.45) is 0 Å². The number of sulfonamides is 1. The molecular formula is C23H24N2O4S. The second kappa shape index (κ2) is 9.56. The number of hydrogen-bond acceptors (Lipinski definition) is 4. The van der Waals surface area contributed by atoms with E-state index in [9.17, 15) is 13.2 Å². The molecule has 0 radical (unpaired) electrons. The third-order valence-electron chi connectivity index (χ3n) is 4.68. The van der Waals surface area contributed by atoms with E-state index in [2.05, 4.69) is 5.32 Å². The fraction of sp³-hybridized carbons (Fsp3) is 0.174. The van der Waals surface area contributed by atoms with E-state index in [1.54, 1.807) is 0 Å². The lowest BCUT2D eigenvalue weighted by Crippen LogP contribution is -2.30. The summed E-state index contributed by atoms with van der Waals surface area (Å²) in [6, 6.07) is 23.1. The summed E-state index contributed by atoms with van der Waals surface area (Å²) >= 11 is 0. The van der Waals surface area contributed by atoms with Crippen molar-refractivity contribution >= 4 is 15.9 Å². The van der Waals surface area contributed by atoms with Gasteiger partial charge in [-0.3, -0.25) is 4.79 Å². The first-order valence-electron chi connectivity index (χ1n) is 9.44. The molecule has 3 aromatic rings. The minimum absolute atomic E-state index is 0.0359. The Morgan fingerprint density at radius 1 is 0.900 bits per heavy atom. The normalized spacial score (nSPS) is 11.3. The fourth-order valence-corrected chi connectivity index (χ4v) is 4.55. The summed E-state index contributed by atoms with van der Waals surface area (Å²) in [5, 5.41) is 2.52. The fourth-order valence-electron chi connectivity index (χ4n) is 3.11. The number of rotatable bonds is 8. The van der Waals surface area contributed by atoms with Crippen LogP contribution < -0.4 is 10.1 Å². The molecule has 0 aliphatic rings. The van der Waals surface area contributed by atoms with Crippen molar-refractivity contribution in [2.45, 2.75) is 18.0 Å². The Morgan fingerprint density at radius 3 is 1.90 bits per heavy atom. The Bertz CT molecular complexity index is 1060. The third-order valence-corrected chi connectivity index (χ3v) is 6.47. The highest BCUT2D eigenvalue weighted by Gasteiger charge is 2.27. The number of carbonyl (C=O) groups is 1. The van der Waals surface area contributed by atoms with Crippen LogP contribution in [0.1, 0.15) is 21.5 Å².